The van der Waals surface area contributed by atoms with E-state index in [1.807, 2.05) is 7.11 Å². The number of hydrogen-bond acceptors (Lipinski definition) is 10. The lowest BCUT2D eigenvalue weighted by Gasteiger charge is -2.56. The fourth-order valence-corrected chi connectivity index (χ4v) is 12.3. The van der Waals surface area contributed by atoms with Crippen molar-refractivity contribution in [1.29, 1.82) is 0 Å². The molecule has 0 spiro atoms. The highest BCUT2D eigenvalue weighted by Crippen LogP contribution is 2.51. The first-order valence-corrected chi connectivity index (χ1v) is 21.8. The van der Waals surface area contributed by atoms with Crippen LogP contribution in [0.4, 0.5) is 0 Å². The van der Waals surface area contributed by atoms with Crippen molar-refractivity contribution in [3.05, 3.63) is 0 Å². The quantitative estimate of drug-likeness (QED) is 0.173. The summed E-state index contributed by atoms with van der Waals surface area (Å²) in [5.41, 5.74) is 6.29. The molecule has 7 rings (SSSR count). The van der Waals surface area contributed by atoms with Gasteiger partial charge in [-0.3, -0.25) is 0 Å². The van der Waals surface area contributed by atoms with E-state index in [0.717, 1.165) is 109 Å². The molecule has 16 unspecified atom stereocenters. The van der Waals surface area contributed by atoms with Gasteiger partial charge >= 0.3 is 0 Å². The highest BCUT2D eigenvalue weighted by atomic mass is 16.5. The monoisotopic (exact) mass is 735 g/mol. The first-order valence-electron chi connectivity index (χ1n) is 21.8. The molecule has 300 valence electrons. The maximum atomic E-state index is 12.8. The molecule has 4 saturated carbocycles. The number of nitrogens with one attached hydrogen (secondary N) is 1. The van der Waals surface area contributed by atoms with E-state index < -0.39 is 6.10 Å². The molecule has 3 heterocycles. The molecule has 7 fully saturated rings. The largest absolute Gasteiger partial charge is 0.393 e. The number of aliphatic hydroxyl groups excluding tert-OH is 2. The summed E-state index contributed by atoms with van der Waals surface area (Å²) in [6.45, 7) is 2.89. The molecule has 3 aliphatic heterocycles. The molecule has 10 nitrogen and oxygen atoms in total. The first-order chi connectivity index (χ1) is 25.4. The molecule has 16 atom stereocenters. The summed E-state index contributed by atoms with van der Waals surface area (Å²) in [6.07, 6.45) is 19.8. The molecule has 7 aliphatic rings. The zero-order valence-electron chi connectivity index (χ0n) is 32.5. The molecule has 52 heavy (non-hydrogen) atoms. The molecular weight excluding hydrogens is 660 g/mol. The predicted molar refractivity (Wildman–Crippen MR) is 200 cm³/mol. The predicted octanol–water partition coefficient (Wildman–Crippen LogP) is 5.34. The van der Waals surface area contributed by atoms with E-state index in [-0.39, 0.29) is 72.6 Å². The van der Waals surface area contributed by atoms with Gasteiger partial charge in [0.1, 0.15) is 0 Å². The number of hydrogen-bond donors (Lipinski definition) is 4. The second-order valence-electron chi connectivity index (χ2n) is 18.3. The molecule has 10 heteroatoms. The zero-order valence-corrected chi connectivity index (χ0v) is 32.5. The molecule has 3 saturated heterocycles. The smallest absolute Gasteiger partial charge is 0.0686 e. The van der Waals surface area contributed by atoms with Crippen LogP contribution in [0, 0.1) is 41.4 Å². The number of rotatable bonds is 14. The highest BCUT2D eigenvalue weighted by Gasteiger charge is 2.56. The van der Waals surface area contributed by atoms with Crippen LogP contribution in [0.1, 0.15) is 122 Å². The van der Waals surface area contributed by atoms with Crippen LogP contribution in [0.25, 0.3) is 0 Å². The van der Waals surface area contributed by atoms with Crippen molar-refractivity contribution in [2.24, 2.45) is 47.2 Å². The van der Waals surface area contributed by atoms with E-state index in [1.165, 1.54) is 19.3 Å². The SMILES string of the molecule is COCCCC1OC2CCC(OC)CC2C(OCCC2CCNC(N)C2)C1C1COC2C(CC3CCCC(O)C3)CC(OC3CCCC3)CC2C1O. The van der Waals surface area contributed by atoms with Crippen LogP contribution in [0.15, 0.2) is 0 Å². The van der Waals surface area contributed by atoms with Crippen molar-refractivity contribution in [2.45, 2.75) is 183 Å². The Balaban J connectivity index is 1.13. The third-order valence-corrected chi connectivity index (χ3v) is 14.8. The third kappa shape index (κ3) is 9.75. The topological polar surface area (TPSA) is 134 Å². The molecule has 0 radical (unpaired) electrons. The van der Waals surface area contributed by atoms with E-state index in [4.69, 9.17) is 34.2 Å². The highest BCUT2D eigenvalue weighted by molar-refractivity contribution is 5.05. The van der Waals surface area contributed by atoms with Gasteiger partial charge in [0.25, 0.3) is 0 Å². The maximum Gasteiger partial charge on any atom is 0.0686 e. The fraction of sp³-hybridized carbons (Fsp3) is 1.00. The number of piperidine rings is 1. The van der Waals surface area contributed by atoms with Gasteiger partial charge in [-0.25, -0.2) is 0 Å². The van der Waals surface area contributed by atoms with Gasteiger partial charge in [0.05, 0.1) is 67.7 Å². The molecule has 0 aromatic heterocycles. The Morgan fingerprint density at radius 1 is 0.769 bits per heavy atom. The van der Waals surface area contributed by atoms with Crippen LogP contribution in [-0.4, -0.2) is 112 Å². The lowest BCUT2D eigenvalue weighted by Crippen LogP contribution is -2.62. The minimum Gasteiger partial charge on any atom is -0.393 e. The number of nitrogens with two attached hydrogens (primary N) is 1. The van der Waals surface area contributed by atoms with Gasteiger partial charge < -0.3 is 49.7 Å². The Labute approximate surface area is 314 Å². The second kappa shape index (κ2) is 19.2. The number of methoxy groups -OCH3 is 2. The average Bonchev–Trinajstić information content (AvgIpc) is 3.65. The minimum atomic E-state index is -0.515. The van der Waals surface area contributed by atoms with E-state index >= 15 is 0 Å². The van der Waals surface area contributed by atoms with Crippen LogP contribution in [0.2, 0.25) is 0 Å². The Kier molecular flexibility index (Phi) is 14.7. The van der Waals surface area contributed by atoms with Crippen molar-refractivity contribution in [1.82, 2.24) is 5.32 Å². The Morgan fingerprint density at radius 3 is 2.40 bits per heavy atom. The van der Waals surface area contributed by atoms with Crippen molar-refractivity contribution >= 4 is 0 Å². The summed E-state index contributed by atoms with van der Waals surface area (Å²) >= 11 is 0. The van der Waals surface area contributed by atoms with Crippen LogP contribution >= 0.6 is 0 Å². The summed E-state index contributed by atoms with van der Waals surface area (Å²) in [7, 11) is 3.61. The Morgan fingerprint density at radius 2 is 1.62 bits per heavy atom. The van der Waals surface area contributed by atoms with Gasteiger partial charge in [-0.2, -0.15) is 0 Å². The second-order valence-corrected chi connectivity index (χ2v) is 18.3. The molecule has 4 aliphatic carbocycles. The van der Waals surface area contributed by atoms with Crippen LogP contribution in [0.5, 0.6) is 0 Å². The van der Waals surface area contributed by atoms with Crippen LogP contribution in [-0.2, 0) is 28.4 Å². The minimum absolute atomic E-state index is 0.0167. The Hall–Kier alpha value is -0.400. The van der Waals surface area contributed by atoms with Crippen LogP contribution < -0.4 is 11.1 Å². The van der Waals surface area contributed by atoms with Crippen molar-refractivity contribution in [3.63, 3.8) is 0 Å². The summed E-state index contributed by atoms with van der Waals surface area (Å²) in [5, 5.41) is 26.7. The molecule has 0 aromatic rings. The van der Waals surface area contributed by atoms with Crippen molar-refractivity contribution in [3.8, 4) is 0 Å². The van der Waals surface area contributed by atoms with Gasteiger partial charge in [-0.15, -0.1) is 0 Å². The lowest BCUT2D eigenvalue weighted by atomic mass is 9.62. The first kappa shape index (κ1) is 39.8. The number of aliphatic hydroxyl groups is 2. The molecule has 5 N–H and O–H groups in total. The summed E-state index contributed by atoms with van der Waals surface area (Å²) in [5.74, 6) is 1.58. The zero-order chi connectivity index (χ0) is 36.0. The van der Waals surface area contributed by atoms with E-state index in [2.05, 4.69) is 5.32 Å². The summed E-state index contributed by atoms with van der Waals surface area (Å²) < 4.78 is 39.8. The van der Waals surface area contributed by atoms with Gasteiger partial charge in [0.2, 0.25) is 0 Å². The van der Waals surface area contributed by atoms with Crippen LogP contribution in [0.3, 0.4) is 0 Å². The summed E-state index contributed by atoms with van der Waals surface area (Å²) in [4.78, 5) is 0. The van der Waals surface area contributed by atoms with Crippen molar-refractivity contribution in [2.75, 3.05) is 40.6 Å². The normalized spacial score (nSPS) is 46.1. The lowest BCUT2D eigenvalue weighted by molar-refractivity contribution is -0.260. The fourth-order valence-electron chi connectivity index (χ4n) is 12.3. The summed E-state index contributed by atoms with van der Waals surface area (Å²) in [6, 6.07) is 0. The van der Waals surface area contributed by atoms with Gasteiger partial charge in [-0.1, -0.05) is 25.7 Å². The van der Waals surface area contributed by atoms with Crippen molar-refractivity contribution < 1.29 is 38.6 Å². The van der Waals surface area contributed by atoms with E-state index in [1.54, 1.807) is 7.11 Å². The maximum absolute atomic E-state index is 12.8. The Bertz CT molecular complexity index is 1070. The van der Waals surface area contributed by atoms with E-state index in [0.29, 0.717) is 43.7 Å². The third-order valence-electron chi connectivity index (χ3n) is 14.8. The molecule has 0 aromatic carbocycles. The van der Waals surface area contributed by atoms with Gasteiger partial charge in [-0.05, 0) is 121 Å². The molecule has 0 bridgehead atoms. The molecule has 0 amide bonds. The molecular formula is C42H74N2O8. The average molecular weight is 735 g/mol. The number of fused-ring (bicyclic) bond motifs is 2. The van der Waals surface area contributed by atoms with E-state index in [9.17, 15) is 10.2 Å². The van der Waals surface area contributed by atoms with Gasteiger partial charge in [0, 0.05) is 51.1 Å². The number of ether oxygens (including phenoxy) is 6. The standard InChI is InChI=1S/C42H74N2O8/c1-47-17-6-11-37-39(42(33-23-31(48-2)12-13-36(33)52-37)49-18-15-26-14-16-44-38(43)21-26)35-25-50-41-28(19-27-7-5-8-29(45)20-27)22-32(24-34(41)40(35)46)51-30-9-3-4-10-30/h26-42,44-46H,3-25,43H2,1-2H3. The van der Waals surface area contributed by atoms with Gasteiger partial charge in [0.15, 0.2) is 0 Å².